The molecular weight excluding hydrogens is 282 g/mol. The largest absolute Gasteiger partial charge is 0.293 e. The van der Waals surface area contributed by atoms with Crippen molar-refractivity contribution in [3.8, 4) is 0 Å². The van der Waals surface area contributed by atoms with Crippen LogP contribution in [0.5, 0.6) is 0 Å². The van der Waals surface area contributed by atoms with Gasteiger partial charge in [0.25, 0.3) is 0 Å². The first-order chi connectivity index (χ1) is 6.07. The van der Waals surface area contributed by atoms with Gasteiger partial charge in [-0.15, -0.1) is 0 Å². The summed E-state index contributed by atoms with van der Waals surface area (Å²) in [5, 5.41) is 0.155. The van der Waals surface area contributed by atoms with Crippen LogP contribution in [0.4, 0.5) is 4.39 Å². The van der Waals surface area contributed by atoms with Gasteiger partial charge in [-0.2, -0.15) is 0 Å². The Morgan fingerprint density at radius 2 is 2.08 bits per heavy atom. The van der Waals surface area contributed by atoms with Gasteiger partial charge in [0, 0.05) is 0 Å². The third-order valence-corrected chi connectivity index (χ3v) is 2.76. The van der Waals surface area contributed by atoms with Gasteiger partial charge in [0.05, 0.1) is 20.9 Å². The lowest BCUT2D eigenvalue weighted by atomic mass is 10.1. The molecule has 0 aliphatic heterocycles. The van der Waals surface area contributed by atoms with E-state index in [1.807, 2.05) is 0 Å². The summed E-state index contributed by atoms with van der Waals surface area (Å²) in [7, 11) is 0. The Morgan fingerprint density at radius 3 is 2.62 bits per heavy atom. The maximum absolute atomic E-state index is 13.1. The summed E-state index contributed by atoms with van der Waals surface area (Å²) >= 11 is 14.2. The molecule has 1 aromatic rings. The van der Waals surface area contributed by atoms with Crippen molar-refractivity contribution in [1.82, 2.24) is 0 Å². The summed E-state index contributed by atoms with van der Waals surface area (Å²) in [5.41, 5.74) is -0.161. The van der Waals surface area contributed by atoms with Gasteiger partial charge in [-0.3, -0.25) is 4.79 Å². The van der Waals surface area contributed by atoms with Crippen molar-refractivity contribution in [2.75, 3.05) is 5.33 Å². The molecule has 70 valence electrons. The Hall–Kier alpha value is -0.120. The predicted octanol–water partition coefficient (Wildman–Crippen LogP) is 3.71. The van der Waals surface area contributed by atoms with Crippen molar-refractivity contribution in [2.24, 2.45) is 0 Å². The first-order valence-corrected chi connectivity index (χ1v) is 5.18. The highest BCUT2D eigenvalue weighted by molar-refractivity contribution is 9.09. The van der Waals surface area contributed by atoms with Crippen LogP contribution >= 0.6 is 39.1 Å². The third-order valence-electron chi connectivity index (χ3n) is 1.44. The Kier molecular flexibility index (Phi) is 3.71. The molecule has 0 saturated carbocycles. The normalized spacial score (nSPS) is 10.2. The van der Waals surface area contributed by atoms with E-state index in [0.29, 0.717) is 0 Å². The number of rotatable bonds is 2. The van der Waals surface area contributed by atoms with Crippen LogP contribution in [-0.4, -0.2) is 11.1 Å². The van der Waals surface area contributed by atoms with Crippen molar-refractivity contribution < 1.29 is 9.18 Å². The first kappa shape index (κ1) is 11.0. The van der Waals surface area contributed by atoms with Gasteiger partial charge in [-0.05, 0) is 12.1 Å². The van der Waals surface area contributed by atoms with E-state index in [9.17, 15) is 9.18 Å². The highest BCUT2D eigenvalue weighted by Crippen LogP contribution is 2.28. The van der Waals surface area contributed by atoms with E-state index >= 15 is 0 Å². The molecule has 1 aromatic carbocycles. The summed E-state index contributed by atoms with van der Waals surface area (Å²) < 4.78 is 13.1. The Balaban J connectivity index is 3.33. The molecule has 0 aliphatic carbocycles. The van der Waals surface area contributed by atoms with E-state index in [1.54, 1.807) is 0 Å². The quantitative estimate of drug-likeness (QED) is 0.460. The molecule has 0 aromatic heterocycles. The molecule has 0 amide bonds. The number of hydrogen-bond donors (Lipinski definition) is 0. The SMILES string of the molecule is O=C(CBr)c1c(F)ccc(Cl)c1Cl. The second kappa shape index (κ2) is 4.40. The maximum atomic E-state index is 13.1. The highest BCUT2D eigenvalue weighted by atomic mass is 79.9. The average molecular weight is 286 g/mol. The molecule has 0 spiro atoms. The van der Waals surface area contributed by atoms with Crippen molar-refractivity contribution >= 4 is 44.9 Å². The van der Waals surface area contributed by atoms with Crippen molar-refractivity contribution in [3.05, 3.63) is 33.6 Å². The first-order valence-electron chi connectivity index (χ1n) is 3.30. The fourth-order valence-corrected chi connectivity index (χ4v) is 1.55. The molecule has 0 bridgehead atoms. The molecule has 1 rings (SSSR count). The van der Waals surface area contributed by atoms with Crippen LogP contribution in [-0.2, 0) is 0 Å². The van der Waals surface area contributed by atoms with Crippen molar-refractivity contribution in [1.29, 1.82) is 0 Å². The zero-order valence-corrected chi connectivity index (χ0v) is 9.38. The van der Waals surface area contributed by atoms with Crippen molar-refractivity contribution in [2.45, 2.75) is 0 Å². The standard InChI is InChI=1S/C8H4BrCl2FO/c9-3-6(13)7-5(12)2-1-4(10)8(7)11/h1-2H,3H2. The number of hydrogen-bond acceptors (Lipinski definition) is 1. The minimum atomic E-state index is -0.654. The van der Waals surface area contributed by atoms with Gasteiger partial charge in [0.1, 0.15) is 5.82 Å². The van der Waals surface area contributed by atoms with Gasteiger partial charge < -0.3 is 0 Å². The molecule has 0 atom stereocenters. The number of halogens is 4. The molecule has 13 heavy (non-hydrogen) atoms. The average Bonchev–Trinajstić information content (AvgIpc) is 2.12. The lowest BCUT2D eigenvalue weighted by Crippen LogP contribution is -2.04. The zero-order valence-electron chi connectivity index (χ0n) is 6.28. The van der Waals surface area contributed by atoms with Crippen LogP contribution in [0.3, 0.4) is 0 Å². The van der Waals surface area contributed by atoms with E-state index < -0.39 is 11.6 Å². The summed E-state index contributed by atoms with van der Waals surface area (Å²) in [6.07, 6.45) is 0. The smallest absolute Gasteiger partial charge is 0.177 e. The van der Waals surface area contributed by atoms with Crippen LogP contribution in [0.15, 0.2) is 12.1 Å². The number of benzene rings is 1. The third kappa shape index (κ3) is 2.22. The highest BCUT2D eigenvalue weighted by Gasteiger charge is 2.16. The fourth-order valence-electron chi connectivity index (χ4n) is 0.849. The topological polar surface area (TPSA) is 17.1 Å². The molecule has 0 radical (unpaired) electrons. The minimum absolute atomic E-state index is 0.0178. The molecule has 0 N–H and O–H groups in total. The van der Waals surface area contributed by atoms with Gasteiger partial charge in [-0.25, -0.2) is 4.39 Å². The van der Waals surface area contributed by atoms with Crippen LogP contribution in [0.25, 0.3) is 0 Å². The lowest BCUT2D eigenvalue weighted by Gasteiger charge is -2.03. The van der Waals surface area contributed by atoms with Crippen LogP contribution < -0.4 is 0 Å². The van der Waals surface area contributed by atoms with E-state index in [-0.39, 0.29) is 20.9 Å². The van der Waals surface area contributed by atoms with E-state index in [1.165, 1.54) is 6.07 Å². The minimum Gasteiger partial charge on any atom is -0.293 e. The fraction of sp³-hybridized carbons (Fsp3) is 0.125. The van der Waals surface area contributed by atoms with Crippen LogP contribution in [0.1, 0.15) is 10.4 Å². The Labute approximate surface area is 93.0 Å². The molecule has 0 heterocycles. The number of ketones is 1. The maximum Gasteiger partial charge on any atom is 0.177 e. The summed E-state index contributed by atoms with van der Waals surface area (Å²) in [4.78, 5) is 11.2. The number of Topliss-reactive ketones (excluding diaryl/α,β-unsaturated/α-hetero) is 1. The molecular formula is C8H4BrCl2FO. The Bertz CT molecular complexity index is 354. The summed E-state index contributed by atoms with van der Waals surface area (Å²) in [6.45, 7) is 0. The van der Waals surface area contributed by atoms with Gasteiger partial charge in [-0.1, -0.05) is 39.1 Å². The van der Waals surface area contributed by atoms with Gasteiger partial charge >= 0.3 is 0 Å². The van der Waals surface area contributed by atoms with Crippen molar-refractivity contribution in [3.63, 3.8) is 0 Å². The van der Waals surface area contributed by atoms with E-state index in [2.05, 4.69) is 15.9 Å². The second-order valence-electron chi connectivity index (χ2n) is 2.27. The van der Waals surface area contributed by atoms with Crippen LogP contribution in [0, 0.1) is 5.82 Å². The van der Waals surface area contributed by atoms with Gasteiger partial charge in [0.2, 0.25) is 0 Å². The summed E-state index contributed by atoms with van der Waals surface area (Å²) in [5.74, 6) is -1.08. The molecule has 0 unspecified atom stereocenters. The molecule has 5 heteroatoms. The number of carbonyl (C=O) groups excluding carboxylic acids is 1. The number of alkyl halides is 1. The molecule has 0 saturated heterocycles. The van der Waals surface area contributed by atoms with Gasteiger partial charge in [0.15, 0.2) is 5.78 Å². The molecule has 0 fully saturated rings. The molecule has 1 nitrogen and oxygen atoms in total. The second-order valence-corrected chi connectivity index (χ2v) is 3.62. The lowest BCUT2D eigenvalue weighted by molar-refractivity contribution is 0.102. The predicted molar refractivity (Wildman–Crippen MR) is 54.5 cm³/mol. The monoisotopic (exact) mass is 284 g/mol. The number of carbonyl (C=O) groups is 1. The summed E-state index contributed by atoms with van der Waals surface area (Å²) in [6, 6.07) is 2.42. The Morgan fingerprint density at radius 1 is 1.46 bits per heavy atom. The van der Waals surface area contributed by atoms with E-state index in [0.717, 1.165) is 6.07 Å². The zero-order chi connectivity index (χ0) is 10.0. The molecule has 0 aliphatic rings. The van der Waals surface area contributed by atoms with E-state index in [4.69, 9.17) is 23.2 Å². The van der Waals surface area contributed by atoms with Crippen LogP contribution in [0.2, 0.25) is 10.0 Å².